The summed E-state index contributed by atoms with van der Waals surface area (Å²) in [6.45, 7) is 1.76. The van der Waals surface area contributed by atoms with Crippen molar-refractivity contribution in [3.63, 3.8) is 0 Å². The zero-order valence-corrected chi connectivity index (χ0v) is 10.3. The zero-order valence-electron chi connectivity index (χ0n) is 10.3. The SMILES string of the molecule is Cc1c(-c2ccccc2)nc(-c2ncc[nH]2)[nH]c1=O. The molecular formula is C14H12N4O. The maximum absolute atomic E-state index is 12.0. The Labute approximate surface area is 109 Å². The summed E-state index contributed by atoms with van der Waals surface area (Å²) in [4.78, 5) is 26.3. The Kier molecular flexibility index (Phi) is 2.72. The standard InChI is InChI=1S/C14H12N4O/c1-9-11(10-5-3-2-4-6-10)17-13(18-14(9)19)12-15-7-8-16-12/h2-8H,1H3,(H,15,16)(H,17,18,19). The lowest BCUT2D eigenvalue weighted by atomic mass is 10.1. The fourth-order valence-corrected chi connectivity index (χ4v) is 1.92. The van der Waals surface area contributed by atoms with Crippen LogP contribution >= 0.6 is 0 Å². The van der Waals surface area contributed by atoms with Crippen LogP contribution in [0, 0.1) is 6.92 Å². The van der Waals surface area contributed by atoms with E-state index in [1.807, 2.05) is 30.3 Å². The van der Waals surface area contributed by atoms with Crippen LogP contribution in [0.5, 0.6) is 0 Å². The summed E-state index contributed by atoms with van der Waals surface area (Å²) >= 11 is 0. The highest BCUT2D eigenvalue weighted by Crippen LogP contribution is 2.20. The molecule has 0 fully saturated rings. The molecule has 5 nitrogen and oxygen atoms in total. The molecular weight excluding hydrogens is 240 g/mol. The molecule has 19 heavy (non-hydrogen) atoms. The van der Waals surface area contributed by atoms with Gasteiger partial charge in [-0.3, -0.25) is 4.79 Å². The molecule has 1 aromatic carbocycles. The zero-order chi connectivity index (χ0) is 13.2. The lowest BCUT2D eigenvalue weighted by molar-refractivity contribution is 1.06. The first-order valence-electron chi connectivity index (χ1n) is 5.92. The van der Waals surface area contributed by atoms with Gasteiger partial charge in [0, 0.05) is 23.5 Å². The largest absolute Gasteiger partial charge is 0.342 e. The third kappa shape index (κ3) is 2.06. The molecule has 0 aliphatic carbocycles. The number of rotatable bonds is 2. The number of nitrogens with one attached hydrogen (secondary N) is 2. The number of aromatic amines is 2. The van der Waals surface area contributed by atoms with Gasteiger partial charge in [-0.15, -0.1) is 0 Å². The topological polar surface area (TPSA) is 74.4 Å². The third-order valence-electron chi connectivity index (χ3n) is 2.92. The van der Waals surface area contributed by atoms with Gasteiger partial charge in [-0.1, -0.05) is 30.3 Å². The Morgan fingerprint density at radius 2 is 1.89 bits per heavy atom. The molecule has 0 unspecified atom stereocenters. The van der Waals surface area contributed by atoms with Gasteiger partial charge >= 0.3 is 0 Å². The summed E-state index contributed by atoms with van der Waals surface area (Å²) in [7, 11) is 0. The highest BCUT2D eigenvalue weighted by atomic mass is 16.1. The number of H-pyrrole nitrogens is 2. The number of benzene rings is 1. The lowest BCUT2D eigenvalue weighted by Gasteiger charge is -2.06. The second-order valence-electron chi connectivity index (χ2n) is 4.19. The van der Waals surface area contributed by atoms with Crippen LogP contribution in [-0.4, -0.2) is 19.9 Å². The first-order chi connectivity index (χ1) is 9.25. The minimum Gasteiger partial charge on any atom is -0.342 e. The van der Waals surface area contributed by atoms with Crippen LogP contribution in [0.1, 0.15) is 5.56 Å². The molecule has 0 amide bonds. The van der Waals surface area contributed by atoms with Gasteiger partial charge in [0.1, 0.15) is 0 Å². The average Bonchev–Trinajstić information content (AvgIpc) is 2.97. The van der Waals surface area contributed by atoms with Crippen molar-refractivity contribution in [2.75, 3.05) is 0 Å². The number of imidazole rings is 1. The Morgan fingerprint density at radius 1 is 1.11 bits per heavy atom. The van der Waals surface area contributed by atoms with E-state index >= 15 is 0 Å². The number of hydrogen-bond acceptors (Lipinski definition) is 3. The van der Waals surface area contributed by atoms with E-state index in [1.54, 1.807) is 19.3 Å². The van der Waals surface area contributed by atoms with Gasteiger partial charge < -0.3 is 9.97 Å². The molecule has 2 aromatic heterocycles. The second kappa shape index (κ2) is 4.53. The average molecular weight is 252 g/mol. The van der Waals surface area contributed by atoms with Crippen LogP contribution in [-0.2, 0) is 0 Å². The first-order valence-corrected chi connectivity index (χ1v) is 5.92. The highest BCUT2D eigenvalue weighted by molar-refractivity contribution is 5.64. The normalized spacial score (nSPS) is 10.6. The van der Waals surface area contributed by atoms with Crippen molar-refractivity contribution in [3.05, 3.63) is 58.6 Å². The molecule has 2 N–H and O–H groups in total. The molecule has 2 heterocycles. The molecule has 0 saturated carbocycles. The van der Waals surface area contributed by atoms with E-state index in [0.29, 0.717) is 22.9 Å². The Balaban J connectivity index is 2.23. The van der Waals surface area contributed by atoms with Gasteiger partial charge in [-0.25, -0.2) is 9.97 Å². The van der Waals surface area contributed by atoms with Crippen LogP contribution in [0.3, 0.4) is 0 Å². The summed E-state index contributed by atoms with van der Waals surface area (Å²) in [5, 5.41) is 0. The van der Waals surface area contributed by atoms with Gasteiger partial charge in [0.2, 0.25) is 0 Å². The molecule has 3 rings (SSSR count). The van der Waals surface area contributed by atoms with Gasteiger partial charge in [0.25, 0.3) is 5.56 Å². The Hall–Kier alpha value is -2.69. The molecule has 94 valence electrons. The lowest BCUT2D eigenvalue weighted by Crippen LogP contribution is -2.14. The molecule has 0 atom stereocenters. The summed E-state index contributed by atoms with van der Waals surface area (Å²) in [5.41, 5.74) is 2.04. The summed E-state index contributed by atoms with van der Waals surface area (Å²) < 4.78 is 0. The molecule has 0 radical (unpaired) electrons. The fourth-order valence-electron chi connectivity index (χ4n) is 1.92. The minimum atomic E-state index is -0.153. The van der Waals surface area contributed by atoms with Crippen molar-refractivity contribution in [2.24, 2.45) is 0 Å². The molecule has 0 aliphatic heterocycles. The molecule has 5 heteroatoms. The van der Waals surface area contributed by atoms with E-state index in [2.05, 4.69) is 19.9 Å². The van der Waals surface area contributed by atoms with Gasteiger partial charge in [0.05, 0.1) is 5.69 Å². The van der Waals surface area contributed by atoms with Crippen LogP contribution in [0.15, 0.2) is 47.5 Å². The molecule has 0 saturated heterocycles. The maximum atomic E-state index is 12.0. The van der Waals surface area contributed by atoms with Gasteiger partial charge in [-0.05, 0) is 6.92 Å². The monoisotopic (exact) mass is 252 g/mol. The first kappa shape index (κ1) is 11.4. The van der Waals surface area contributed by atoms with Crippen LogP contribution < -0.4 is 5.56 Å². The van der Waals surface area contributed by atoms with Gasteiger partial charge in [0.15, 0.2) is 11.6 Å². The molecule has 0 aliphatic rings. The van der Waals surface area contributed by atoms with Gasteiger partial charge in [-0.2, -0.15) is 0 Å². The maximum Gasteiger partial charge on any atom is 0.254 e. The smallest absolute Gasteiger partial charge is 0.254 e. The van der Waals surface area contributed by atoms with Crippen LogP contribution in [0.25, 0.3) is 22.9 Å². The summed E-state index contributed by atoms with van der Waals surface area (Å²) in [5.74, 6) is 0.994. The fraction of sp³-hybridized carbons (Fsp3) is 0.0714. The number of nitrogens with zero attached hydrogens (tertiary/aromatic N) is 2. The van der Waals surface area contributed by atoms with E-state index < -0.39 is 0 Å². The molecule has 0 bridgehead atoms. The van der Waals surface area contributed by atoms with E-state index in [4.69, 9.17) is 0 Å². The van der Waals surface area contributed by atoms with Crippen molar-refractivity contribution >= 4 is 0 Å². The van der Waals surface area contributed by atoms with Crippen molar-refractivity contribution < 1.29 is 0 Å². The van der Waals surface area contributed by atoms with Crippen molar-refractivity contribution in [2.45, 2.75) is 6.92 Å². The van der Waals surface area contributed by atoms with Crippen LogP contribution in [0.4, 0.5) is 0 Å². The summed E-state index contributed by atoms with van der Waals surface area (Å²) in [6, 6.07) is 9.63. The number of hydrogen-bond donors (Lipinski definition) is 2. The molecule has 0 spiro atoms. The molecule has 3 aromatic rings. The second-order valence-corrected chi connectivity index (χ2v) is 4.19. The highest BCUT2D eigenvalue weighted by Gasteiger charge is 2.11. The van der Waals surface area contributed by atoms with E-state index in [9.17, 15) is 4.79 Å². The van der Waals surface area contributed by atoms with E-state index in [-0.39, 0.29) is 5.56 Å². The van der Waals surface area contributed by atoms with Crippen LogP contribution in [0.2, 0.25) is 0 Å². The Bertz CT molecular complexity index is 745. The Morgan fingerprint density at radius 3 is 2.58 bits per heavy atom. The predicted octanol–water partition coefficient (Wildman–Crippen LogP) is 2.14. The van der Waals surface area contributed by atoms with Crippen molar-refractivity contribution in [1.82, 2.24) is 19.9 Å². The third-order valence-corrected chi connectivity index (χ3v) is 2.92. The van der Waals surface area contributed by atoms with Crippen molar-refractivity contribution in [3.8, 4) is 22.9 Å². The van der Waals surface area contributed by atoms with E-state index in [0.717, 1.165) is 5.56 Å². The summed E-state index contributed by atoms with van der Waals surface area (Å²) in [6.07, 6.45) is 3.31. The quantitative estimate of drug-likeness (QED) is 0.733. The van der Waals surface area contributed by atoms with Crippen molar-refractivity contribution in [1.29, 1.82) is 0 Å². The predicted molar refractivity (Wildman–Crippen MR) is 72.6 cm³/mol. The number of aromatic nitrogens is 4. The minimum absolute atomic E-state index is 0.153. The van der Waals surface area contributed by atoms with E-state index in [1.165, 1.54) is 0 Å².